The molecule has 2 aromatic rings. The van der Waals surface area contributed by atoms with Gasteiger partial charge in [0.2, 0.25) is 0 Å². The summed E-state index contributed by atoms with van der Waals surface area (Å²) in [6, 6.07) is 9.73. The smallest absolute Gasteiger partial charge is 0.315 e. The number of rotatable bonds is 6. The Morgan fingerprint density at radius 3 is 2.77 bits per heavy atom. The van der Waals surface area contributed by atoms with E-state index in [0.29, 0.717) is 6.54 Å². The Balaban J connectivity index is 1.82. The SMILES string of the molecule is CCC(C)C(C)(O)CNC(=O)NCc1cc2ccccc2[nH]1. The highest BCUT2D eigenvalue weighted by Crippen LogP contribution is 2.18. The molecule has 2 rings (SSSR count). The van der Waals surface area contributed by atoms with E-state index >= 15 is 0 Å². The lowest BCUT2D eigenvalue weighted by molar-refractivity contribution is 0.00790. The van der Waals surface area contributed by atoms with Crippen LogP contribution in [0.5, 0.6) is 0 Å². The molecule has 2 unspecified atom stereocenters. The Labute approximate surface area is 131 Å². The third-order valence-corrected chi connectivity index (χ3v) is 4.31. The lowest BCUT2D eigenvalue weighted by Crippen LogP contribution is -2.47. The molecule has 1 heterocycles. The minimum atomic E-state index is -0.896. The maximum atomic E-state index is 11.8. The number of para-hydroxylation sites is 1. The maximum absolute atomic E-state index is 11.8. The molecule has 1 aromatic heterocycles. The number of nitrogens with one attached hydrogen (secondary N) is 3. The maximum Gasteiger partial charge on any atom is 0.315 e. The van der Waals surface area contributed by atoms with Crippen molar-refractivity contribution in [1.82, 2.24) is 15.6 Å². The summed E-state index contributed by atoms with van der Waals surface area (Å²) < 4.78 is 0. The molecular weight excluding hydrogens is 278 g/mol. The fourth-order valence-electron chi connectivity index (χ4n) is 2.34. The highest BCUT2D eigenvalue weighted by atomic mass is 16.3. The summed E-state index contributed by atoms with van der Waals surface area (Å²) in [6.07, 6.45) is 0.866. The van der Waals surface area contributed by atoms with Crippen LogP contribution in [-0.2, 0) is 6.54 Å². The van der Waals surface area contributed by atoms with Gasteiger partial charge in [-0.05, 0) is 30.4 Å². The van der Waals surface area contributed by atoms with Crippen LogP contribution in [0, 0.1) is 5.92 Å². The number of aromatic nitrogens is 1. The fraction of sp³-hybridized carbons (Fsp3) is 0.471. The summed E-state index contributed by atoms with van der Waals surface area (Å²) in [5.41, 5.74) is 1.11. The number of urea groups is 1. The van der Waals surface area contributed by atoms with E-state index in [1.807, 2.05) is 44.2 Å². The van der Waals surface area contributed by atoms with Crippen molar-refractivity contribution in [2.75, 3.05) is 6.54 Å². The van der Waals surface area contributed by atoms with Gasteiger partial charge in [0.25, 0.3) is 0 Å². The third-order valence-electron chi connectivity index (χ3n) is 4.31. The number of aliphatic hydroxyl groups is 1. The van der Waals surface area contributed by atoms with Crippen LogP contribution in [0.2, 0.25) is 0 Å². The number of hydrogen-bond donors (Lipinski definition) is 4. The van der Waals surface area contributed by atoms with E-state index in [1.165, 1.54) is 0 Å². The highest BCUT2D eigenvalue weighted by Gasteiger charge is 2.27. The first kappa shape index (κ1) is 16.4. The first-order valence-electron chi connectivity index (χ1n) is 7.73. The largest absolute Gasteiger partial charge is 0.388 e. The number of carbonyl (C=O) groups excluding carboxylic acids is 1. The molecule has 0 fully saturated rings. The van der Waals surface area contributed by atoms with Crippen molar-refractivity contribution in [3.8, 4) is 0 Å². The van der Waals surface area contributed by atoms with Gasteiger partial charge in [0.05, 0.1) is 12.1 Å². The van der Waals surface area contributed by atoms with Crippen LogP contribution in [0.1, 0.15) is 32.9 Å². The van der Waals surface area contributed by atoms with Crippen molar-refractivity contribution in [3.63, 3.8) is 0 Å². The first-order valence-corrected chi connectivity index (χ1v) is 7.73. The van der Waals surface area contributed by atoms with E-state index in [9.17, 15) is 9.90 Å². The van der Waals surface area contributed by atoms with Crippen molar-refractivity contribution in [3.05, 3.63) is 36.0 Å². The van der Waals surface area contributed by atoms with Gasteiger partial charge in [-0.1, -0.05) is 38.5 Å². The zero-order chi connectivity index (χ0) is 16.2. The predicted octanol–water partition coefficient (Wildman–Crippen LogP) is 2.76. The summed E-state index contributed by atoms with van der Waals surface area (Å²) in [4.78, 5) is 15.1. The average Bonchev–Trinajstić information content (AvgIpc) is 2.93. The Bertz CT molecular complexity index is 601. The molecule has 2 amide bonds. The molecule has 120 valence electrons. The predicted molar refractivity (Wildman–Crippen MR) is 88.6 cm³/mol. The average molecular weight is 303 g/mol. The number of amides is 2. The van der Waals surface area contributed by atoms with Crippen LogP contribution in [0.3, 0.4) is 0 Å². The molecule has 0 radical (unpaired) electrons. The lowest BCUT2D eigenvalue weighted by atomic mass is 9.89. The summed E-state index contributed by atoms with van der Waals surface area (Å²) in [7, 11) is 0. The zero-order valence-corrected chi connectivity index (χ0v) is 13.4. The molecule has 0 saturated carbocycles. The fourth-order valence-corrected chi connectivity index (χ4v) is 2.34. The van der Waals surface area contributed by atoms with Crippen molar-refractivity contribution in [2.45, 2.75) is 39.3 Å². The van der Waals surface area contributed by atoms with Gasteiger partial charge in [0, 0.05) is 17.8 Å². The van der Waals surface area contributed by atoms with Gasteiger partial charge in [0.1, 0.15) is 0 Å². The minimum absolute atomic E-state index is 0.126. The van der Waals surface area contributed by atoms with Gasteiger partial charge in [-0.2, -0.15) is 0 Å². The van der Waals surface area contributed by atoms with Gasteiger partial charge in [-0.3, -0.25) is 0 Å². The molecule has 22 heavy (non-hydrogen) atoms. The third kappa shape index (κ3) is 4.01. The molecule has 1 aromatic carbocycles. The monoisotopic (exact) mass is 303 g/mol. The second-order valence-corrected chi connectivity index (χ2v) is 6.08. The van der Waals surface area contributed by atoms with Gasteiger partial charge in [-0.25, -0.2) is 4.79 Å². The van der Waals surface area contributed by atoms with Gasteiger partial charge < -0.3 is 20.7 Å². The van der Waals surface area contributed by atoms with Crippen molar-refractivity contribution < 1.29 is 9.90 Å². The van der Waals surface area contributed by atoms with E-state index in [0.717, 1.165) is 23.0 Å². The van der Waals surface area contributed by atoms with Gasteiger partial charge >= 0.3 is 6.03 Å². The molecular formula is C17H25N3O2. The number of benzene rings is 1. The molecule has 5 nitrogen and oxygen atoms in total. The number of aromatic amines is 1. The number of H-pyrrole nitrogens is 1. The Kier molecular flexibility index (Phi) is 5.08. The molecule has 4 N–H and O–H groups in total. The molecule has 0 aliphatic carbocycles. The molecule has 2 atom stereocenters. The normalized spacial score (nSPS) is 15.3. The Morgan fingerprint density at radius 1 is 1.36 bits per heavy atom. The molecule has 0 bridgehead atoms. The van der Waals surface area contributed by atoms with E-state index in [-0.39, 0.29) is 18.5 Å². The van der Waals surface area contributed by atoms with Crippen molar-refractivity contribution in [2.24, 2.45) is 5.92 Å². The second kappa shape index (κ2) is 6.83. The minimum Gasteiger partial charge on any atom is -0.388 e. The van der Waals surface area contributed by atoms with Crippen LogP contribution in [-0.4, -0.2) is 28.3 Å². The molecule has 5 heteroatoms. The molecule has 0 aliphatic rings. The van der Waals surface area contributed by atoms with Crippen molar-refractivity contribution in [1.29, 1.82) is 0 Å². The number of carbonyl (C=O) groups is 1. The number of fused-ring (bicyclic) bond motifs is 1. The Morgan fingerprint density at radius 2 is 2.09 bits per heavy atom. The first-order chi connectivity index (χ1) is 10.4. The zero-order valence-electron chi connectivity index (χ0n) is 13.4. The summed E-state index contributed by atoms with van der Waals surface area (Å²) >= 11 is 0. The van der Waals surface area contributed by atoms with E-state index < -0.39 is 5.60 Å². The standard InChI is InChI=1S/C17H25N3O2/c1-4-12(2)17(3,22)11-19-16(21)18-10-14-9-13-7-5-6-8-15(13)20-14/h5-9,12,20,22H,4,10-11H2,1-3H3,(H2,18,19,21). The van der Waals surface area contributed by atoms with Crippen LogP contribution >= 0.6 is 0 Å². The topological polar surface area (TPSA) is 77.2 Å². The van der Waals surface area contributed by atoms with E-state index in [4.69, 9.17) is 0 Å². The molecule has 0 aliphatic heterocycles. The van der Waals surface area contributed by atoms with Crippen LogP contribution in [0.25, 0.3) is 10.9 Å². The number of hydrogen-bond acceptors (Lipinski definition) is 2. The molecule has 0 spiro atoms. The van der Waals surface area contributed by atoms with Crippen LogP contribution in [0.15, 0.2) is 30.3 Å². The quantitative estimate of drug-likeness (QED) is 0.662. The van der Waals surface area contributed by atoms with Crippen LogP contribution < -0.4 is 10.6 Å². The summed E-state index contributed by atoms with van der Waals surface area (Å²) in [6.45, 7) is 6.41. The molecule has 0 saturated heterocycles. The van der Waals surface area contributed by atoms with Gasteiger partial charge in [-0.15, -0.1) is 0 Å². The summed E-state index contributed by atoms with van der Waals surface area (Å²) in [5, 5.41) is 16.9. The van der Waals surface area contributed by atoms with Crippen molar-refractivity contribution >= 4 is 16.9 Å². The van der Waals surface area contributed by atoms with E-state index in [2.05, 4.69) is 15.6 Å². The van der Waals surface area contributed by atoms with Crippen LogP contribution in [0.4, 0.5) is 4.79 Å². The Hall–Kier alpha value is -2.01. The highest BCUT2D eigenvalue weighted by molar-refractivity contribution is 5.80. The van der Waals surface area contributed by atoms with E-state index in [1.54, 1.807) is 6.92 Å². The van der Waals surface area contributed by atoms with Gasteiger partial charge in [0.15, 0.2) is 0 Å². The second-order valence-electron chi connectivity index (χ2n) is 6.08. The lowest BCUT2D eigenvalue weighted by Gasteiger charge is -2.29. The summed E-state index contributed by atoms with van der Waals surface area (Å²) in [5.74, 6) is 0.126.